The Morgan fingerprint density at radius 3 is 2.10 bits per heavy atom. The van der Waals surface area contributed by atoms with Crippen molar-refractivity contribution in [2.24, 2.45) is 0 Å². The number of non-ortho nitro benzene ring substituents is 1. The molecular formula is C21H22N2O7. The van der Waals surface area contributed by atoms with Gasteiger partial charge in [-0.1, -0.05) is 19.1 Å². The molecule has 0 saturated heterocycles. The molecule has 0 saturated carbocycles. The molecule has 1 N–H and O–H groups in total. The second kappa shape index (κ2) is 10.7. The Labute approximate surface area is 173 Å². The number of nitro benzene ring substituents is 1. The maximum Gasteiger partial charge on any atom is 0.334 e. The van der Waals surface area contributed by atoms with E-state index in [2.05, 4.69) is 5.32 Å². The van der Waals surface area contributed by atoms with E-state index in [0.717, 1.165) is 0 Å². The van der Waals surface area contributed by atoms with E-state index >= 15 is 0 Å². The van der Waals surface area contributed by atoms with Crippen LogP contribution in [0.4, 0.5) is 5.69 Å². The summed E-state index contributed by atoms with van der Waals surface area (Å²) < 4.78 is 10.3. The van der Waals surface area contributed by atoms with E-state index in [0.29, 0.717) is 17.7 Å². The van der Waals surface area contributed by atoms with Crippen molar-refractivity contribution < 1.29 is 28.8 Å². The Balaban J connectivity index is 2.12. The number of hydrogen-bond acceptors (Lipinski definition) is 7. The van der Waals surface area contributed by atoms with Crippen LogP contribution < -0.4 is 14.8 Å². The third-order valence-electron chi connectivity index (χ3n) is 3.99. The minimum Gasteiger partial charge on any atom is -0.427 e. The van der Waals surface area contributed by atoms with E-state index in [4.69, 9.17) is 9.47 Å². The zero-order valence-electron chi connectivity index (χ0n) is 16.6. The Bertz CT molecular complexity index is 908. The van der Waals surface area contributed by atoms with Gasteiger partial charge in [-0.05, 0) is 36.2 Å². The number of esters is 2. The molecule has 1 atom stereocenters. The minimum absolute atomic E-state index is 0.129. The number of carbonyl (C=O) groups excluding carboxylic acids is 3. The smallest absolute Gasteiger partial charge is 0.334 e. The Kier molecular flexibility index (Phi) is 8.04. The van der Waals surface area contributed by atoms with Crippen molar-refractivity contribution in [2.45, 2.75) is 39.2 Å². The van der Waals surface area contributed by atoms with E-state index in [9.17, 15) is 24.5 Å². The second-order valence-corrected chi connectivity index (χ2v) is 6.48. The van der Waals surface area contributed by atoms with Gasteiger partial charge in [0.05, 0.1) is 4.92 Å². The summed E-state index contributed by atoms with van der Waals surface area (Å²) in [6.07, 6.45) is 1.03. The van der Waals surface area contributed by atoms with E-state index < -0.39 is 22.9 Å². The molecule has 0 aliphatic heterocycles. The molecule has 2 aromatic carbocycles. The van der Waals surface area contributed by atoms with Crippen LogP contribution in [0.15, 0.2) is 48.5 Å². The molecule has 0 aliphatic rings. The fourth-order valence-electron chi connectivity index (χ4n) is 2.61. The molecule has 0 radical (unpaired) electrons. The number of amides is 1. The molecule has 9 heteroatoms. The van der Waals surface area contributed by atoms with E-state index in [1.807, 2.05) is 6.92 Å². The summed E-state index contributed by atoms with van der Waals surface area (Å²) in [6, 6.07) is 10.6. The standard InChI is InChI=1S/C21H22N2O7/c1-3-4-20(25)22-19(13-15-5-9-17(10-6-15)29-14(2)24)21(26)30-18-11-7-16(8-12-18)23(27)28/h5-12,19H,3-4,13H2,1-2H3,(H,22,25)/t19-/m0/s1. The van der Waals surface area contributed by atoms with Gasteiger partial charge < -0.3 is 14.8 Å². The molecule has 30 heavy (non-hydrogen) atoms. The van der Waals surface area contributed by atoms with Gasteiger partial charge in [-0.25, -0.2) is 4.79 Å². The molecule has 0 unspecified atom stereocenters. The van der Waals surface area contributed by atoms with Gasteiger partial charge in [0.15, 0.2) is 0 Å². The first-order valence-electron chi connectivity index (χ1n) is 9.31. The average Bonchev–Trinajstić information content (AvgIpc) is 2.69. The zero-order chi connectivity index (χ0) is 22.1. The highest BCUT2D eigenvalue weighted by atomic mass is 16.6. The van der Waals surface area contributed by atoms with Crippen molar-refractivity contribution in [3.05, 3.63) is 64.2 Å². The molecule has 9 nitrogen and oxygen atoms in total. The first-order chi connectivity index (χ1) is 14.3. The molecule has 2 aromatic rings. The summed E-state index contributed by atoms with van der Waals surface area (Å²) in [5, 5.41) is 13.4. The van der Waals surface area contributed by atoms with Crippen LogP contribution in [0.1, 0.15) is 32.3 Å². The third-order valence-corrected chi connectivity index (χ3v) is 3.99. The molecule has 0 aliphatic carbocycles. The molecule has 0 fully saturated rings. The Morgan fingerprint density at radius 1 is 1.00 bits per heavy atom. The van der Waals surface area contributed by atoms with Crippen molar-refractivity contribution in [2.75, 3.05) is 0 Å². The average molecular weight is 414 g/mol. The topological polar surface area (TPSA) is 125 Å². The number of nitro groups is 1. The summed E-state index contributed by atoms with van der Waals surface area (Å²) in [6.45, 7) is 3.14. The molecule has 1 amide bonds. The van der Waals surface area contributed by atoms with Gasteiger partial charge in [-0.3, -0.25) is 19.7 Å². The predicted molar refractivity (Wildman–Crippen MR) is 107 cm³/mol. The van der Waals surface area contributed by atoms with E-state index in [-0.39, 0.29) is 30.2 Å². The molecule has 2 rings (SSSR count). The fourth-order valence-corrected chi connectivity index (χ4v) is 2.61. The summed E-state index contributed by atoms with van der Waals surface area (Å²) in [7, 11) is 0. The molecule has 0 heterocycles. The second-order valence-electron chi connectivity index (χ2n) is 6.48. The van der Waals surface area contributed by atoms with Gasteiger partial charge >= 0.3 is 11.9 Å². The number of rotatable bonds is 9. The monoisotopic (exact) mass is 414 g/mol. The Hall–Kier alpha value is -3.75. The van der Waals surface area contributed by atoms with Crippen LogP contribution in [0.2, 0.25) is 0 Å². The highest BCUT2D eigenvalue weighted by molar-refractivity contribution is 5.85. The number of carbonyl (C=O) groups is 3. The lowest BCUT2D eigenvalue weighted by Gasteiger charge is -2.18. The van der Waals surface area contributed by atoms with Gasteiger partial charge in [0, 0.05) is 31.9 Å². The predicted octanol–water partition coefficient (Wildman–Crippen LogP) is 2.95. The molecule has 0 spiro atoms. The lowest BCUT2D eigenvalue weighted by molar-refractivity contribution is -0.384. The number of benzene rings is 2. The van der Waals surface area contributed by atoms with Crippen molar-refractivity contribution in [3.8, 4) is 11.5 Å². The van der Waals surface area contributed by atoms with Crippen LogP contribution in [0.25, 0.3) is 0 Å². The maximum absolute atomic E-state index is 12.6. The van der Waals surface area contributed by atoms with Crippen LogP contribution in [0.3, 0.4) is 0 Å². The summed E-state index contributed by atoms with van der Waals surface area (Å²) in [5.74, 6) is -0.937. The normalized spacial score (nSPS) is 11.3. The molecule has 158 valence electrons. The van der Waals surface area contributed by atoms with Crippen LogP contribution >= 0.6 is 0 Å². The van der Waals surface area contributed by atoms with Crippen molar-refractivity contribution >= 4 is 23.5 Å². The maximum atomic E-state index is 12.6. The Morgan fingerprint density at radius 2 is 1.57 bits per heavy atom. The quantitative estimate of drug-likeness (QED) is 0.289. The van der Waals surface area contributed by atoms with Crippen LogP contribution in [0.5, 0.6) is 11.5 Å². The van der Waals surface area contributed by atoms with Crippen LogP contribution in [-0.2, 0) is 20.8 Å². The highest BCUT2D eigenvalue weighted by Gasteiger charge is 2.23. The van der Waals surface area contributed by atoms with Crippen LogP contribution in [0, 0.1) is 10.1 Å². The zero-order valence-corrected chi connectivity index (χ0v) is 16.6. The highest BCUT2D eigenvalue weighted by Crippen LogP contribution is 2.19. The van der Waals surface area contributed by atoms with Crippen molar-refractivity contribution in [1.29, 1.82) is 0 Å². The lowest BCUT2D eigenvalue weighted by atomic mass is 10.1. The number of nitrogens with zero attached hydrogens (tertiary/aromatic N) is 1. The van der Waals surface area contributed by atoms with Gasteiger partial charge in [0.1, 0.15) is 17.5 Å². The number of hydrogen-bond donors (Lipinski definition) is 1. The minimum atomic E-state index is -0.959. The largest absolute Gasteiger partial charge is 0.427 e. The first kappa shape index (κ1) is 22.5. The lowest BCUT2D eigenvalue weighted by Crippen LogP contribution is -2.44. The summed E-state index contributed by atoms with van der Waals surface area (Å²) in [4.78, 5) is 45.9. The van der Waals surface area contributed by atoms with Gasteiger partial charge in [-0.2, -0.15) is 0 Å². The molecule has 0 bridgehead atoms. The van der Waals surface area contributed by atoms with E-state index in [1.165, 1.54) is 31.2 Å². The van der Waals surface area contributed by atoms with Crippen molar-refractivity contribution in [3.63, 3.8) is 0 Å². The van der Waals surface area contributed by atoms with E-state index in [1.54, 1.807) is 24.3 Å². The number of nitrogens with one attached hydrogen (secondary N) is 1. The van der Waals surface area contributed by atoms with Gasteiger partial charge in [0.25, 0.3) is 5.69 Å². The summed E-state index contributed by atoms with van der Waals surface area (Å²) >= 11 is 0. The molecular weight excluding hydrogens is 392 g/mol. The SMILES string of the molecule is CCCC(=O)N[C@@H](Cc1ccc(OC(C)=O)cc1)C(=O)Oc1ccc([N+](=O)[O-])cc1. The third kappa shape index (κ3) is 7.01. The number of ether oxygens (including phenoxy) is 2. The van der Waals surface area contributed by atoms with Crippen molar-refractivity contribution in [1.82, 2.24) is 5.32 Å². The van der Waals surface area contributed by atoms with Gasteiger partial charge in [-0.15, -0.1) is 0 Å². The van der Waals surface area contributed by atoms with Crippen LogP contribution in [-0.4, -0.2) is 28.8 Å². The first-order valence-corrected chi connectivity index (χ1v) is 9.31. The summed E-state index contributed by atoms with van der Waals surface area (Å²) in [5.41, 5.74) is 0.587. The fraction of sp³-hybridized carbons (Fsp3) is 0.286. The van der Waals surface area contributed by atoms with Gasteiger partial charge in [0.2, 0.25) is 5.91 Å². The molecule has 0 aromatic heterocycles.